The zero-order chi connectivity index (χ0) is 12.8. The van der Waals surface area contributed by atoms with Crippen LogP contribution in [0.25, 0.3) is 0 Å². The standard InChI is InChI=1S/C15H19NOS/c1-2-12-5-6-13(18-12)14(17)15(9-16)8-10-3-4-11(15)7-10/h5-6,10-11,14,17H,2-4,7-8H2,1H3. The Labute approximate surface area is 112 Å². The van der Waals surface area contributed by atoms with E-state index in [0.717, 1.165) is 30.6 Å². The van der Waals surface area contributed by atoms with Crippen LogP contribution in [0, 0.1) is 28.6 Å². The Morgan fingerprint density at radius 3 is 2.89 bits per heavy atom. The fourth-order valence-electron chi connectivity index (χ4n) is 3.89. The molecule has 96 valence electrons. The normalized spacial score (nSPS) is 35.6. The Kier molecular flexibility index (Phi) is 2.96. The molecule has 0 aliphatic heterocycles. The summed E-state index contributed by atoms with van der Waals surface area (Å²) in [7, 11) is 0. The Balaban J connectivity index is 1.91. The maximum Gasteiger partial charge on any atom is 0.107 e. The van der Waals surface area contributed by atoms with Crippen LogP contribution in [0.3, 0.4) is 0 Å². The molecule has 2 aliphatic carbocycles. The maximum absolute atomic E-state index is 10.7. The number of fused-ring (bicyclic) bond motifs is 2. The number of aliphatic hydroxyl groups excluding tert-OH is 1. The molecule has 2 aliphatic rings. The van der Waals surface area contributed by atoms with E-state index >= 15 is 0 Å². The van der Waals surface area contributed by atoms with Crippen LogP contribution in [0.15, 0.2) is 12.1 Å². The lowest BCUT2D eigenvalue weighted by molar-refractivity contribution is 0.0259. The molecule has 2 bridgehead atoms. The van der Waals surface area contributed by atoms with Gasteiger partial charge in [-0.25, -0.2) is 0 Å². The summed E-state index contributed by atoms with van der Waals surface area (Å²) in [4.78, 5) is 2.28. The molecule has 2 saturated carbocycles. The average molecular weight is 261 g/mol. The summed E-state index contributed by atoms with van der Waals surface area (Å²) < 4.78 is 0. The molecule has 0 amide bonds. The minimum absolute atomic E-state index is 0.412. The van der Waals surface area contributed by atoms with Gasteiger partial charge in [-0.1, -0.05) is 13.3 Å². The SMILES string of the molecule is CCc1ccc(C(O)C2(C#N)CC3CCC2C3)s1. The monoisotopic (exact) mass is 261 g/mol. The van der Waals surface area contributed by atoms with E-state index in [4.69, 9.17) is 0 Å². The average Bonchev–Trinajstić information content (AvgIpc) is 3.12. The molecule has 0 spiro atoms. The number of hydrogen-bond acceptors (Lipinski definition) is 3. The minimum atomic E-state index is -0.580. The summed E-state index contributed by atoms with van der Waals surface area (Å²) in [6, 6.07) is 6.59. The molecule has 4 atom stereocenters. The lowest BCUT2D eigenvalue weighted by Gasteiger charge is -2.34. The van der Waals surface area contributed by atoms with Gasteiger partial charge in [-0.05, 0) is 49.7 Å². The van der Waals surface area contributed by atoms with Crippen LogP contribution in [0.2, 0.25) is 0 Å². The van der Waals surface area contributed by atoms with Gasteiger partial charge < -0.3 is 5.11 Å². The molecule has 3 heteroatoms. The summed E-state index contributed by atoms with van der Waals surface area (Å²) in [5.41, 5.74) is -0.501. The Bertz CT molecular complexity index is 489. The van der Waals surface area contributed by atoms with Gasteiger partial charge in [0, 0.05) is 9.75 Å². The van der Waals surface area contributed by atoms with Crippen LogP contribution < -0.4 is 0 Å². The van der Waals surface area contributed by atoms with Crippen molar-refractivity contribution in [3.05, 3.63) is 21.9 Å². The molecule has 18 heavy (non-hydrogen) atoms. The molecular formula is C15H19NOS. The first kappa shape index (κ1) is 12.2. The highest BCUT2D eigenvalue weighted by Gasteiger charge is 2.56. The first-order valence-electron chi connectivity index (χ1n) is 6.87. The van der Waals surface area contributed by atoms with Crippen LogP contribution in [-0.2, 0) is 6.42 Å². The third-order valence-corrected chi connectivity index (χ3v) is 6.17. The fraction of sp³-hybridized carbons (Fsp3) is 0.667. The largest absolute Gasteiger partial charge is 0.386 e. The highest BCUT2D eigenvalue weighted by molar-refractivity contribution is 7.12. The van der Waals surface area contributed by atoms with E-state index in [0.29, 0.717) is 11.8 Å². The zero-order valence-corrected chi connectivity index (χ0v) is 11.5. The number of nitrogens with zero attached hydrogens (tertiary/aromatic N) is 1. The second-order valence-electron chi connectivity index (χ2n) is 5.79. The van der Waals surface area contributed by atoms with Gasteiger partial charge in [-0.15, -0.1) is 11.3 Å². The molecule has 3 rings (SSSR count). The van der Waals surface area contributed by atoms with Crippen LogP contribution in [-0.4, -0.2) is 5.11 Å². The van der Waals surface area contributed by atoms with Crippen LogP contribution in [0.5, 0.6) is 0 Å². The summed E-state index contributed by atoms with van der Waals surface area (Å²) in [6.07, 6.45) is 4.85. The minimum Gasteiger partial charge on any atom is -0.386 e. The first-order chi connectivity index (χ1) is 8.69. The number of hydrogen-bond donors (Lipinski definition) is 1. The van der Waals surface area contributed by atoms with Gasteiger partial charge in [0.15, 0.2) is 0 Å². The summed E-state index contributed by atoms with van der Waals surface area (Å²) in [5, 5.41) is 20.3. The van der Waals surface area contributed by atoms with E-state index in [-0.39, 0.29) is 0 Å². The predicted octanol–water partition coefficient (Wildman–Crippen LogP) is 3.67. The van der Waals surface area contributed by atoms with Gasteiger partial charge in [0.1, 0.15) is 6.10 Å². The molecule has 4 unspecified atom stereocenters. The van der Waals surface area contributed by atoms with Crippen molar-refractivity contribution in [3.63, 3.8) is 0 Å². The zero-order valence-electron chi connectivity index (χ0n) is 10.7. The van der Waals surface area contributed by atoms with Gasteiger partial charge in [-0.2, -0.15) is 5.26 Å². The van der Waals surface area contributed by atoms with Crippen molar-refractivity contribution < 1.29 is 5.11 Å². The lowest BCUT2D eigenvalue weighted by atomic mass is 9.70. The van der Waals surface area contributed by atoms with Crippen molar-refractivity contribution in [3.8, 4) is 6.07 Å². The van der Waals surface area contributed by atoms with E-state index in [1.165, 1.54) is 11.3 Å². The maximum atomic E-state index is 10.7. The van der Waals surface area contributed by atoms with Gasteiger partial charge >= 0.3 is 0 Å². The second-order valence-corrected chi connectivity index (χ2v) is 6.99. The molecular weight excluding hydrogens is 242 g/mol. The predicted molar refractivity (Wildman–Crippen MR) is 72.2 cm³/mol. The second kappa shape index (κ2) is 4.36. The van der Waals surface area contributed by atoms with E-state index in [9.17, 15) is 10.4 Å². The molecule has 1 N–H and O–H groups in total. The highest BCUT2D eigenvalue weighted by atomic mass is 32.1. The first-order valence-corrected chi connectivity index (χ1v) is 7.69. The molecule has 2 nitrogen and oxygen atoms in total. The smallest absolute Gasteiger partial charge is 0.107 e. The van der Waals surface area contributed by atoms with Crippen molar-refractivity contribution in [2.24, 2.45) is 17.3 Å². The molecule has 1 aromatic heterocycles. The summed E-state index contributed by atoms with van der Waals surface area (Å²) >= 11 is 1.67. The van der Waals surface area contributed by atoms with E-state index in [1.54, 1.807) is 11.3 Å². The quantitative estimate of drug-likeness (QED) is 0.902. The Morgan fingerprint density at radius 1 is 1.56 bits per heavy atom. The van der Waals surface area contributed by atoms with Crippen molar-refractivity contribution in [2.75, 3.05) is 0 Å². The van der Waals surface area contributed by atoms with Crippen LogP contribution in [0.4, 0.5) is 0 Å². The van der Waals surface area contributed by atoms with E-state index in [1.807, 2.05) is 6.07 Å². The van der Waals surface area contributed by atoms with Crippen molar-refractivity contribution >= 4 is 11.3 Å². The van der Waals surface area contributed by atoms with E-state index < -0.39 is 11.5 Å². The molecule has 1 heterocycles. The number of nitriles is 1. The Morgan fingerprint density at radius 2 is 2.39 bits per heavy atom. The third-order valence-electron chi connectivity index (χ3n) is 4.89. The number of thiophene rings is 1. The highest BCUT2D eigenvalue weighted by Crippen LogP contribution is 2.61. The number of aryl methyl sites for hydroxylation is 1. The topological polar surface area (TPSA) is 44.0 Å². The van der Waals surface area contributed by atoms with Gasteiger partial charge in [0.2, 0.25) is 0 Å². The molecule has 1 aromatic rings. The number of aliphatic hydroxyl groups is 1. The summed E-state index contributed by atoms with van der Waals surface area (Å²) in [5.74, 6) is 1.09. The summed E-state index contributed by atoms with van der Waals surface area (Å²) in [6.45, 7) is 2.12. The van der Waals surface area contributed by atoms with Gasteiger partial charge in [0.25, 0.3) is 0 Å². The van der Waals surface area contributed by atoms with E-state index in [2.05, 4.69) is 19.1 Å². The van der Waals surface area contributed by atoms with Crippen molar-refractivity contribution in [2.45, 2.75) is 45.1 Å². The van der Waals surface area contributed by atoms with Gasteiger partial charge in [-0.3, -0.25) is 0 Å². The molecule has 0 saturated heterocycles. The molecule has 0 radical (unpaired) electrons. The number of rotatable bonds is 3. The lowest BCUT2D eigenvalue weighted by Crippen LogP contribution is -2.32. The van der Waals surface area contributed by atoms with Crippen LogP contribution in [0.1, 0.15) is 48.5 Å². The van der Waals surface area contributed by atoms with Crippen LogP contribution >= 0.6 is 11.3 Å². The molecule has 0 aromatic carbocycles. The van der Waals surface area contributed by atoms with Gasteiger partial charge in [0.05, 0.1) is 11.5 Å². The van der Waals surface area contributed by atoms with Crippen molar-refractivity contribution in [1.82, 2.24) is 0 Å². The third kappa shape index (κ3) is 1.63. The Hall–Kier alpha value is -0.850. The van der Waals surface area contributed by atoms with Crippen molar-refractivity contribution in [1.29, 1.82) is 5.26 Å². The fourth-order valence-corrected chi connectivity index (χ4v) is 4.93. The molecule has 2 fully saturated rings.